The summed E-state index contributed by atoms with van der Waals surface area (Å²) in [7, 11) is 0. The Morgan fingerprint density at radius 2 is 2.00 bits per heavy atom. The fourth-order valence-corrected chi connectivity index (χ4v) is 2.89. The number of rotatable bonds is 5. The van der Waals surface area contributed by atoms with Gasteiger partial charge in [0.1, 0.15) is 12.4 Å². The monoisotopic (exact) mass is 326 g/mol. The third-order valence-electron chi connectivity index (χ3n) is 3.16. The molecule has 0 spiro atoms. The predicted octanol–water partition coefficient (Wildman–Crippen LogP) is 3.51. The van der Waals surface area contributed by atoms with Gasteiger partial charge in [0.05, 0.1) is 15.4 Å². The molecule has 0 saturated heterocycles. The zero-order chi connectivity index (χ0) is 16.1. The Morgan fingerprint density at radius 1 is 1.17 bits per heavy atom. The van der Waals surface area contributed by atoms with Gasteiger partial charge in [0.25, 0.3) is 5.91 Å². The number of hydrogen-bond donors (Lipinski definition) is 2. The number of ether oxygens (including phenoxy) is 1. The highest BCUT2D eigenvalue weighted by Crippen LogP contribution is 2.28. The molecule has 1 aromatic carbocycles. The van der Waals surface area contributed by atoms with Crippen molar-refractivity contribution in [1.29, 1.82) is 0 Å². The Balaban J connectivity index is 1.74. The summed E-state index contributed by atoms with van der Waals surface area (Å²) in [6, 6.07) is 17.0. The Hall–Kier alpha value is -2.70. The van der Waals surface area contributed by atoms with Crippen LogP contribution < -0.4 is 10.2 Å². The molecule has 6 heteroatoms. The molecule has 0 fully saturated rings. The smallest absolute Gasteiger partial charge is 0.284 e. The molecule has 2 heterocycles. The Labute approximate surface area is 137 Å². The lowest BCUT2D eigenvalue weighted by molar-refractivity contribution is 0.0711. The standard InChI is InChI=1S/C17H14N2O3S/c20-17(19-21)16-7-6-15(23-16)14-10-13(8-9-18-14)22-11-12-4-2-1-3-5-12/h1-10,21H,11H2,(H,19,20). The van der Waals surface area contributed by atoms with E-state index in [0.717, 1.165) is 16.1 Å². The van der Waals surface area contributed by atoms with Crippen LogP contribution >= 0.6 is 11.3 Å². The van der Waals surface area contributed by atoms with Crippen molar-refractivity contribution in [3.63, 3.8) is 0 Å². The van der Waals surface area contributed by atoms with Gasteiger partial charge in [-0.2, -0.15) is 0 Å². The Kier molecular flexibility index (Phi) is 4.65. The van der Waals surface area contributed by atoms with Crippen LogP contribution in [0.1, 0.15) is 15.2 Å². The lowest BCUT2D eigenvalue weighted by Crippen LogP contribution is -2.16. The number of benzene rings is 1. The van der Waals surface area contributed by atoms with Crippen molar-refractivity contribution < 1.29 is 14.7 Å². The number of hydroxylamine groups is 1. The zero-order valence-corrected chi connectivity index (χ0v) is 12.9. The quantitative estimate of drug-likeness (QED) is 0.556. The minimum absolute atomic E-state index is 0.417. The summed E-state index contributed by atoms with van der Waals surface area (Å²) in [6.07, 6.45) is 1.67. The van der Waals surface area contributed by atoms with E-state index < -0.39 is 5.91 Å². The maximum Gasteiger partial charge on any atom is 0.284 e. The summed E-state index contributed by atoms with van der Waals surface area (Å²) in [6.45, 7) is 0.479. The molecule has 5 nitrogen and oxygen atoms in total. The highest BCUT2D eigenvalue weighted by molar-refractivity contribution is 7.17. The van der Waals surface area contributed by atoms with Gasteiger partial charge in [-0.3, -0.25) is 15.0 Å². The van der Waals surface area contributed by atoms with Gasteiger partial charge in [0.2, 0.25) is 0 Å². The number of aromatic nitrogens is 1. The fraction of sp³-hybridized carbons (Fsp3) is 0.0588. The van der Waals surface area contributed by atoms with E-state index in [4.69, 9.17) is 9.94 Å². The van der Waals surface area contributed by atoms with E-state index in [1.807, 2.05) is 36.4 Å². The van der Waals surface area contributed by atoms with Gasteiger partial charge < -0.3 is 4.74 Å². The minimum atomic E-state index is -0.530. The summed E-state index contributed by atoms with van der Waals surface area (Å²) >= 11 is 1.25. The van der Waals surface area contributed by atoms with Gasteiger partial charge in [0, 0.05) is 12.3 Å². The number of hydrogen-bond acceptors (Lipinski definition) is 5. The molecule has 116 valence electrons. The zero-order valence-electron chi connectivity index (χ0n) is 12.1. The lowest BCUT2D eigenvalue weighted by atomic mass is 10.2. The second-order valence-electron chi connectivity index (χ2n) is 4.76. The molecular formula is C17H14N2O3S. The molecule has 0 aliphatic heterocycles. The van der Waals surface area contributed by atoms with E-state index >= 15 is 0 Å². The highest BCUT2D eigenvalue weighted by atomic mass is 32.1. The third kappa shape index (κ3) is 3.74. The molecule has 0 aliphatic carbocycles. The molecule has 23 heavy (non-hydrogen) atoms. The van der Waals surface area contributed by atoms with Crippen LogP contribution in [0.4, 0.5) is 0 Å². The van der Waals surface area contributed by atoms with Crippen LogP contribution in [-0.2, 0) is 6.61 Å². The van der Waals surface area contributed by atoms with Gasteiger partial charge >= 0.3 is 0 Å². The SMILES string of the molecule is O=C(NO)c1ccc(-c2cc(OCc3ccccc3)ccn2)s1. The topological polar surface area (TPSA) is 71.5 Å². The van der Waals surface area contributed by atoms with Crippen molar-refractivity contribution in [2.45, 2.75) is 6.61 Å². The first kappa shape index (κ1) is 15.2. The summed E-state index contributed by atoms with van der Waals surface area (Å²) in [5, 5.41) is 8.66. The number of thiophene rings is 1. The molecule has 1 amide bonds. The van der Waals surface area contributed by atoms with E-state index in [-0.39, 0.29) is 0 Å². The number of pyridine rings is 1. The number of nitrogens with one attached hydrogen (secondary N) is 1. The molecule has 2 aromatic heterocycles. The number of carbonyl (C=O) groups is 1. The van der Waals surface area contributed by atoms with E-state index in [1.54, 1.807) is 29.9 Å². The number of amides is 1. The normalized spacial score (nSPS) is 10.3. The summed E-state index contributed by atoms with van der Waals surface area (Å²) < 4.78 is 5.77. The molecule has 3 rings (SSSR count). The maximum absolute atomic E-state index is 11.4. The minimum Gasteiger partial charge on any atom is -0.489 e. The third-order valence-corrected chi connectivity index (χ3v) is 4.27. The first-order chi connectivity index (χ1) is 11.3. The molecule has 0 bridgehead atoms. The molecule has 0 saturated carbocycles. The van der Waals surface area contributed by atoms with E-state index in [2.05, 4.69) is 4.98 Å². The average Bonchev–Trinajstić information content (AvgIpc) is 3.11. The van der Waals surface area contributed by atoms with Crippen LogP contribution in [0.3, 0.4) is 0 Å². The second-order valence-corrected chi connectivity index (χ2v) is 5.84. The summed E-state index contributed by atoms with van der Waals surface area (Å²) in [5.74, 6) is 0.179. The first-order valence-electron chi connectivity index (χ1n) is 6.93. The molecule has 0 aliphatic rings. The number of carbonyl (C=O) groups excluding carboxylic acids is 1. The van der Waals surface area contributed by atoms with Crippen molar-refractivity contribution >= 4 is 17.2 Å². The summed E-state index contributed by atoms with van der Waals surface area (Å²) in [4.78, 5) is 16.9. The molecule has 0 unspecified atom stereocenters. The molecule has 0 atom stereocenters. The van der Waals surface area contributed by atoms with Crippen molar-refractivity contribution in [3.8, 4) is 16.3 Å². The van der Waals surface area contributed by atoms with Gasteiger partial charge in [-0.15, -0.1) is 11.3 Å². The van der Waals surface area contributed by atoms with E-state index in [9.17, 15) is 4.79 Å². The fourth-order valence-electron chi connectivity index (χ4n) is 2.03. The van der Waals surface area contributed by atoms with Crippen LogP contribution in [0.25, 0.3) is 10.6 Å². The van der Waals surface area contributed by atoms with Crippen LogP contribution in [-0.4, -0.2) is 16.1 Å². The average molecular weight is 326 g/mol. The van der Waals surface area contributed by atoms with Gasteiger partial charge in [0.15, 0.2) is 0 Å². The van der Waals surface area contributed by atoms with Crippen molar-refractivity contribution in [3.05, 3.63) is 71.2 Å². The Bertz CT molecular complexity index is 802. The van der Waals surface area contributed by atoms with Crippen molar-refractivity contribution in [2.24, 2.45) is 0 Å². The molecule has 3 aromatic rings. The van der Waals surface area contributed by atoms with Crippen molar-refractivity contribution in [1.82, 2.24) is 10.5 Å². The largest absolute Gasteiger partial charge is 0.489 e. The summed E-state index contributed by atoms with van der Waals surface area (Å²) in [5.41, 5.74) is 3.43. The number of nitrogens with zero attached hydrogens (tertiary/aromatic N) is 1. The predicted molar refractivity (Wildman–Crippen MR) is 87.6 cm³/mol. The lowest BCUT2D eigenvalue weighted by Gasteiger charge is -2.07. The van der Waals surface area contributed by atoms with Crippen LogP contribution in [0.5, 0.6) is 5.75 Å². The van der Waals surface area contributed by atoms with Gasteiger partial charge in [-0.1, -0.05) is 30.3 Å². The van der Waals surface area contributed by atoms with E-state index in [1.165, 1.54) is 11.3 Å². The molecule has 0 radical (unpaired) electrons. The van der Waals surface area contributed by atoms with Crippen LogP contribution in [0.2, 0.25) is 0 Å². The van der Waals surface area contributed by atoms with Gasteiger partial charge in [-0.05, 0) is 23.8 Å². The first-order valence-corrected chi connectivity index (χ1v) is 7.75. The maximum atomic E-state index is 11.4. The molecule has 2 N–H and O–H groups in total. The van der Waals surface area contributed by atoms with Crippen LogP contribution in [0, 0.1) is 0 Å². The highest BCUT2D eigenvalue weighted by Gasteiger charge is 2.10. The van der Waals surface area contributed by atoms with Crippen LogP contribution in [0.15, 0.2) is 60.8 Å². The molecular weight excluding hydrogens is 312 g/mol. The van der Waals surface area contributed by atoms with E-state index in [0.29, 0.717) is 17.2 Å². The second kappa shape index (κ2) is 7.04. The van der Waals surface area contributed by atoms with Crippen molar-refractivity contribution in [2.75, 3.05) is 0 Å². The Morgan fingerprint density at radius 3 is 2.78 bits per heavy atom. The van der Waals surface area contributed by atoms with Gasteiger partial charge in [-0.25, -0.2) is 5.48 Å².